The maximum absolute atomic E-state index is 4.45. The molecule has 26 heavy (non-hydrogen) atoms. The van der Waals surface area contributed by atoms with E-state index in [2.05, 4.69) is 63.2 Å². The molecule has 0 N–H and O–H groups in total. The van der Waals surface area contributed by atoms with E-state index in [9.17, 15) is 0 Å². The summed E-state index contributed by atoms with van der Waals surface area (Å²) in [5.74, 6) is 0.399. The first-order chi connectivity index (χ1) is 12.8. The molecule has 4 heteroatoms. The van der Waals surface area contributed by atoms with Crippen LogP contribution in [0.15, 0.2) is 48.9 Å². The summed E-state index contributed by atoms with van der Waals surface area (Å²) in [6.45, 7) is 4.47. The maximum Gasteiger partial charge on any atom is 0.116 e. The van der Waals surface area contributed by atoms with E-state index in [1.165, 1.54) is 48.3 Å². The normalized spacial score (nSPS) is 20.5. The van der Waals surface area contributed by atoms with E-state index < -0.39 is 0 Å². The Morgan fingerprint density at radius 2 is 1.92 bits per heavy atom. The van der Waals surface area contributed by atoms with Gasteiger partial charge in [0, 0.05) is 49.4 Å². The first-order valence-electron chi connectivity index (χ1n) is 9.54. The lowest BCUT2D eigenvalue weighted by atomic mass is 9.84. The Bertz CT molecular complexity index is 946. The molecule has 3 heterocycles. The van der Waals surface area contributed by atoms with Crippen molar-refractivity contribution in [1.82, 2.24) is 14.9 Å². The standard InChI is InChI=1S/C22H24N4/c1-25-13-18-10-19(26-8-2-3-9-26)6-7-20(18)21(14-25)16-4-5-17-12-23-15-24-22(17)11-16/h4-7,10-12,15,21H,2-3,8-9,13-14H2,1H3. The van der Waals surface area contributed by atoms with Crippen LogP contribution in [0.2, 0.25) is 0 Å². The van der Waals surface area contributed by atoms with Gasteiger partial charge in [-0.3, -0.25) is 0 Å². The molecule has 0 aliphatic carbocycles. The van der Waals surface area contributed by atoms with Gasteiger partial charge in [-0.15, -0.1) is 0 Å². The van der Waals surface area contributed by atoms with Crippen LogP contribution < -0.4 is 4.90 Å². The molecule has 0 bridgehead atoms. The van der Waals surface area contributed by atoms with Crippen molar-refractivity contribution in [2.75, 3.05) is 31.6 Å². The third-order valence-corrected chi connectivity index (χ3v) is 5.84. The molecule has 0 amide bonds. The molecule has 5 rings (SSSR count). The Morgan fingerprint density at radius 3 is 2.81 bits per heavy atom. The minimum absolute atomic E-state index is 0.399. The summed E-state index contributed by atoms with van der Waals surface area (Å²) >= 11 is 0. The van der Waals surface area contributed by atoms with Gasteiger partial charge in [-0.25, -0.2) is 9.97 Å². The van der Waals surface area contributed by atoms with Gasteiger partial charge in [0.15, 0.2) is 0 Å². The van der Waals surface area contributed by atoms with Crippen LogP contribution >= 0.6 is 0 Å². The third-order valence-electron chi connectivity index (χ3n) is 5.84. The van der Waals surface area contributed by atoms with Gasteiger partial charge in [0.1, 0.15) is 6.33 Å². The molecule has 1 atom stereocenters. The number of hydrogen-bond acceptors (Lipinski definition) is 4. The first-order valence-corrected chi connectivity index (χ1v) is 9.54. The van der Waals surface area contributed by atoms with Crippen molar-refractivity contribution in [3.8, 4) is 0 Å². The predicted octanol–water partition coefficient (Wildman–Crippen LogP) is 3.81. The fraction of sp³-hybridized carbons (Fsp3) is 0.364. The van der Waals surface area contributed by atoms with Gasteiger partial charge in [-0.05, 0) is 54.8 Å². The third kappa shape index (κ3) is 2.74. The summed E-state index contributed by atoms with van der Waals surface area (Å²) in [6, 6.07) is 13.7. The van der Waals surface area contributed by atoms with E-state index in [4.69, 9.17) is 0 Å². The van der Waals surface area contributed by atoms with Crippen LogP contribution in [0.5, 0.6) is 0 Å². The smallest absolute Gasteiger partial charge is 0.116 e. The Morgan fingerprint density at radius 1 is 1.04 bits per heavy atom. The highest BCUT2D eigenvalue weighted by atomic mass is 15.1. The molecule has 0 radical (unpaired) electrons. The zero-order valence-corrected chi connectivity index (χ0v) is 15.2. The number of likely N-dealkylation sites (N-methyl/N-ethyl adjacent to an activating group) is 1. The van der Waals surface area contributed by atoms with Crippen molar-refractivity contribution in [3.63, 3.8) is 0 Å². The minimum atomic E-state index is 0.399. The van der Waals surface area contributed by atoms with Crippen LogP contribution in [-0.4, -0.2) is 41.5 Å². The summed E-state index contributed by atoms with van der Waals surface area (Å²) in [5, 5.41) is 1.10. The van der Waals surface area contributed by atoms with Crippen LogP contribution in [0, 0.1) is 0 Å². The second-order valence-electron chi connectivity index (χ2n) is 7.67. The lowest BCUT2D eigenvalue weighted by Gasteiger charge is -2.33. The van der Waals surface area contributed by atoms with Gasteiger partial charge in [0.2, 0.25) is 0 Å². The Balaban J connectivity index is 1.55. The van der Waals surface area contributed by atoms with Crippen molar-refractivity contribution in [1.29, 1.82) is 0 Å². The number of aromatic nitrogens is 2. The number of rotatable bonds is 2. The molecule has 1 aromatic heterocycles. The average molecular weight is 344 g/mol. The fourth-order valence-corrected chi connectivity index (χ4v) is 4.50. The Labute approximate surface area is 154 Å². The molecule has 0 saturated carbocycles. The van der Waals surface area contributed by atoms with Crippen LogP contribution in [0.1, 0.15) is 35.4 Å². The molecular weight excluding hydrogens is 320 g/mol. The quantitative estimate of drug-likeness (QED) is 0.708. The highest BCUT2D eigenvalue weighted by Gasteiger charge is 2.26. The molecule has 2 aliphatic heterocycles. The molecule has 1 fully saturated rings. The summed E-state index contributed by atoms with van der Waals surface area (Å²) in [6.07, 6.45) is 6.15. The van der Waals surface area contributed by atoms with Crippen molar-refractivity contribution in [3.05, 3.63) is 65.6 Å². The molecular formula is C22H24N4. The number of fused-ring (bicyclic) bond motifs is 2. The molecule has 0 spiro atoms. The van der Waals surface area contributed by atoms with E-state index in [1.54, 1.807) is 6.33 Å². The summed E-state index contributed by atoms with van der Waals surface area (Å²) in [7, 11) is 2.22. The fourth-order valence-electron chi connectivity index (χ4n) is 4.50. The Hall–Kier alpha value is -2.46. The molecule has 4 nitrogen and oxygen atoms in total. The second kappa shape index (κ2) is 6.36. The van der Waals surface area contributed by atoms with E-state index in [-0.39, 0.29) is 0 Å². The lowest BCUT2D eigenvalue weighted by Crippen LogP contribution is -2.31. The van der Waals surface area contributed by atoms with Gasteiger partial charge in [0.05, 0.1) is 5.52 Å². The first kappa shape index (κ1) is 15.8. The zero-order chi connectivity index (χ0) is 17.5. The van der Waals surface area contributed by atoms with Crippen LogP contribution in [0.25, 0.3) is 10.9 Å². The zero-order valence-electron chi connectivity index (χ0n) is 15.2. The molecule has 1 saturated heterocycles. The molecule has 2 aliphatic rings. The van der Waals surface area contributed by atoms with Gasteiger partial charge < -0.3 is 9.80 Å². The summed E-state index contributed by atoms with van der Waals surface area (Å²) < 4.78 is 0. The van der Waals surface area contributed by atoms with Gasteiger partial charge in [0.25, 0.3) is 0 Å². The molecule has 1 unspecified atom stereocenters. The topological polar surface area (TPSA) is 32.3 Å². The number of hydrogen-bond donors (Lipinski definition) is 0. The van der Waals surface area contributed by atoms with E-state index in [0.717, 1.165) is 24.0 Å². The SMILES string of the molecule is CN1Cc2cc(N3CCCC3)ccc2C(c2ccc3cncnc3c2)C1. The Kier molecular flexibility index (Phi) is 3.86. The summed E-state index contributed by atoms with van der Waals surface area (Å²) in [4.78, 5) is 13.5. The largest absolute Gasteiger partial charge is 0.372 e. The van der Waals surface area contributed by atoms with Crippen molar-refractivity contribution >= 4 is 16.6 Å². The number of anilines is 1. The van der Waals surface area contributed by atoms with E-state index >= 15 is 0 Å². The van der Waals surface area contributed by atoms with Crippen LogP contribution in [0.3, 0.4) is 0 Å². The number of nitrogens with zero attached hydrogens (tertiary/aromatic N) is 4. The van der Waals surface area contributed by atoms with Crippen LogP contribution in [-0.2, 0) is 6.54 Å². The number of benzene rings is 2. The summed E-state index contributed by atoms with van der Waals surface area (Å²) in [5.41, 5.74) is 6.70. The monoisotopic (exact) mass is 344 g/mol. The molecule has 2 aromatic carbocycles. The van der Waals surface area contributed by atoms with Gasteiger partial charge in [-0.2, -0.15) is 0 Å². The molecule has 3 aromatic rings. The minimum Gasteiger partial charge on any atom is -0.372 e. The highest BCUT2D eigenvalue weighted by Crippen LogP contribution is 2.36. The second-order valence-corrected chi connectivity index (χ2v) is 7.67. The van der Waals surface area contributed by atoms with Gasteiger partial charge in [-0.1, -0.05) is 18.2 Å². The van der Waals surface area contributed by atoms with Crippen molar-refractivity contribution < 1.29 is 0 Å². The van der Waals surface area contributed by atoms with Gasteiger partial charge >= 0.3 is 0 Å². The van der Waals surface area contributed by atoms with E-state index in [0.29, 0.717) is 5.92 Å². The van der Waals surface area contributed by atoms with Crippen LogP contribution in [0.4, 0.5) is 5.69 Å². The lowest BCUT2D eigenvalue weighted by molar-refractivity contribution is 0.295. The maximum atomic E-state index is 4.45. The average Bonchev–Trinajstić information content (AvgIpc) is 3.21. The highest BCUT2D eigenvalue weighted by molar-refractivity contribution is 5.78. The van der Waals surface area contributed by atoms with Crippen molar-refractivity contribution in [2.45, 2.75) is 25.3 Å². The van der Waals surface area contributed by atoms with Crippen molar-refractivity contribution in [2.24, 2.45) is 0 Å². The van der Waals surface area contributed by atoms with E-state index in [1.807, 2.05) is 6.20 Å². The molecule has 132 valence electrons. The predicted molar refractivity (Wildman–Crippen MR) is 106 cm³/mol.